The number of nitrogens with zero attached hydrogens (tertiary/aromatic N) is 1. The van der Waals surface area contributed by atoms with Gasteiger partial charge in [0.25, 0.3) is 0 Å². The Bertz CT molecular complexity index is 422. The Balaban J connectivity index is 1.62. The Morgan fingerprint density at radius 3 is 2.95 bits per heavy atom. The van der Waals surface area contributed by atoms with Crippen molar-refractivity contribution < 1.29 is 14.2 Å². The van der Waals surface area contributed by atoms with Gasteiger partial charge in [0.05, 0.1) is 18.8 Å². The lowest BCUT2D eigenvalue weighted by molar-refractivity contribution is -0.163. The number of hydrogen-bond donors (Lipinski definition) is 0. The van der Waals surface area contributed by atoms with Gasteiger partial charge in [-0.1, -0.05) is 12.1 Å². The number of ether oxygens (including phenoxy) is 3. The second-order valence-corrected chi connectivity index (χ2v) is 4.48. The standard InChI is InChI=1S/C15H19NO3/c16-12-13-6-1-2-7-14(13)17-10-5-11-19-15-8-3-4-9-18-15/h1-2,6-7,15H,3-5,8-11H2. The number of rotatable bonds is 6. The molecule has 0 radical (unpaired) electrons. The van der Waals surface area contributed by atoms with Crippen molar-refractivity contribution in [2.75, 3.05) is 19.8 Å². The lowest BCUT2D eigenvalue weighted by Gasteiger charge is -2.22. The van der Waals surface area contributed by atoms with E-state index < -0.39 is 0 Å². The molecule has 0 spiro atoms. The number of benzene rings is 1. The fourth-order valence-corrected chi connectivity index (χ4v) is 1.98. The van der Waals surface area contributed by atoms with Crippen LogP contribution in [0.25, 0.3) is 0 Å². The summed E-state index contributed by atoms with van der Waals surface area (Å²) < 4.78 is 16.7. The van der Waals surface area contributed by atoms with Gasteiger partial charge in [0.1, 0.15) is 11.8 Å². The maximum absolute atomic E-state index is 8.92. The van der Waals surface area contributed by atoms with E-state index in [-0.39, 0.29) is 6.29 Å². The van der Waals surface area contributed by atoms with E-state index in [9.17, 15) is 0 Å². The van der Waals surface area contributed by atoms with Crippen LogP contribution in [-0.4, -0.2) is 26.1 Å². The van der Waals surface area contributed by atoms with Crippen LogP contribution in [0.2, 0.25) is 0 Å². The molecule has 0 aliphatic carbocycles. The highest BCUT2D eigenvalue weighted by atomic mass is 16.7. The first-order chi connectivity index (χ1) is 9.40. The Morgan fingerprint density at radius 1 is 1.26 bits per heavy atom. The van der Waals surface area contributed by atoms with Crippen LogP contribution in [0.3, 0.4) is 0 Å². The van der Waals surface area contributed by atoms with Gasteiger partial charge in [0.2, 0.25) is 0 Å². The molecule has 1 saturated heterocycles. The van der Waals surface area contributed by atoms with E-state index in [4.69, 9.17) is 19.5 Å². The second kappa shape index (κ2) is 7.78. The molecular formula is C15H19NO3. The minimum absolute atomic E-state index is 0.0415. The molecule has 0 N–H and O–H groups in total. The Labute approximate surface area is 113 Å². The zero-order chi connectivity index (χ0) is 13.3. The third-order valence-electron chi connectivity index (χ3n) is 3.00. The first-order valence-electron chi connectivity index (χ1n) is 6.75. The van der Waals surface area contributed by atoms with Gasteiger partial charge in [-0.25, -0.2) is 0 Å². The van der Waals surface area contributed by atoms with E-state index in [0.717, 1.165) is 25.9 Å². The molecule has 1 aromatic rings. The molecule has 0 aromatic heterocycles. The molecule has 0 saturated carbocycles. The molecule has 4 heteroatoms. The topological polar surface area (TPSA) is 51.5 Å². The second-order valence-electron chi connectivity index (χ2n) is 4.48. The molecule has 1 fully saturated rings. The zero-order valence-electron chi connectivity index (χ0n) is 11.0. The summed E-state index contributed by atoms with van der Waals surface area (Å²) in [5.74, 6) is 0.638. The van der Waals surface area contributed by atoms with Crippen molar-refractivity contribution in [2.45, 2.75) is 32.0 Å². The Hall–Kier alpha value is -1.57. The van der Waals surface area contributed by atoms with Crippen LogP contribution in [0.4, 0.5) is 0 Å². The third kappa shape index (κ3) is 4.55. The normalized spacial score (nSPS) is 18.8. The molecule has 2 rings (SSSR count). The molecule has 1 atom stereocenters. The average molecular weight is 261 g/mol. The van der Waals surface area contributed by atoms with E-state index in [0.29, 0.717) is 24.5 Å². The molecule has 0 amide bonds. The van der Waals surface area contributed by atoms with Crippen molar-refractivity contribution in [3.63, 3.8) is 0 Å². The summed E-state index contributed by atoms with van der Waals surface area (Å²) in [6.07, 6.45) is 4.04. The van der Waals surface area contributed by atoms with Crippen molar-refractivity contribution in [2.24, 2.45) is 0 Å². The highest BCUT2D eigenvalue weighted by molar-refractivity contribution is 5.42. The van der Waals surface area contributed by atoms with Gasteiger partial charge in [-0.05, 0) is 31.4 Å². The van der Waals surface area contributed by atoms with Crippen molar-refractivity contribution >= 4 is 0 Å². The highest BCUT2D eigenvalue weighted by Crippen LogP contribution is 2.17. The van der Waals surface area contributed by atoms with Crippen LogP contribution >= 0.6 is 0 Å². The maximum Gasteiger partial charge on any atom is 0.157 e. The molecular weight excluding hydrogens is 242 g/mol. The van der Waals surface area contributed by atoms with Gasteiger partial charge in [0, 0.05) is 13.0 Å². The van der Waals surface area contributed by atoms with Gasteiger partial charge in [0.15, 0.2) is 6.29 Å². The number of para-hydroxylation sites is 1. The highest BCUT2D eigenvalue weighted by Gasteiger charge is 2.13. The summed E-state index contributed by atoms with van der Waals surface area (Å²) >= 11 is 0. The van der Waals surface area contributed by atoms with Gasteiger partial charge >= 0.3 is 0 Å². The Kier molecular flexibility index (Phi) is 5.67. The monoisotopic (exact) mass is 261 g/mol. The van der Waals surface area contributed by atoms with E-state index in [1.54, 1.807) is 6.07 Å². The van der Waals surface area contributed by atoms with Crippen LogP contribution in [-0.2, 0) is 9.47 Å². The zero-order valence-corrected chi connectivity index (χ0v) is 11.0. The lowest BCUT2D eigenvalue weighted by Crippen LogP contribution is -2.23. The minimum Gasteiger partial charge on any atom is -0.492 e. The van der Waals surface area contributed by atoms with Crippen molar-refractivity contribution in [1.29, 1.82) is 5.26 Å². The summed E-state index contributed by atoms with van der Waals surface area (Å²) in [6.45, 7) is 1.97. The van der Waals surface area contributed by atoms with Gasteiger partial charge < -0.3 is 14.2 Å². The predicted octanol–water partition coefficient (Wildman–Crippen LogP) is 2.87. The molecule has 1 heterocycles. The van der Waals surface area contributed by atoms with E-state index in [1.807, 2.05) is 18.2 Å². The fourth-order valence-electron chi connectivity index (χ4n) is 1.98. The molecule has 102 valence electrons. The van der Waals surface area contributed by atoms with Crippen LogP contribution < -0.4 is 4.74 Å². The largest absolute Gasteiger partial charge is 0.492 e. The SMILES string of the molecule is N#Cc1ccccc1OCCCOC1CCCCO1. The van der Waals surface area contributed by atoms with Crippen molar-refractivity contribution in [1.82, 2.24) is 0 Å². The summed E-state index contributed by atoms with van der Waals surface area (Å²) in [6, 6.07) is 9.36. The maximum atomic E-state index is 8.92. The summed E-state index contributed by atoms with van der Waals surface area (Å²) in [5.41, 5.74) is 0.569. The molecule has 1 aliphatic heterocycles. The van der Waals surface area contributed by atoms with Crippen LogP contribution in [0.1, 0.15) is 31.2 Å². The molecule has 1 unspecified atom stereocenters. The van der Waals surface area contributed by atoms with E-state index >= 15 is 0 Å². The van der Waals surface area contributed by atoms with Gasteiger partial charge in [-0.3, -0.25) is 0 Å². The number of nitriles is 1. The van der Waals surface area contributed by atoms with Crippen molar-refractivity contribution in [3.8, 4) is 11.8 Å². The van der Waals surface area contributed by atoms with Gasteiger partial charge in [-0.2, -0.15) is 5.26 Å². The smallest absolute Gasteiger partial charge is 0.157 e. The van der Waals surface area contributed by atoms with Crippen LogP contribution in [0, 0.1) is 11.3 Å². The number of hydrogen-bond acceptors (Lipinski definition) is 4. The molecule has 4 nitrogen and oxygen atoms in total. The molecule has 1 aliphatic rings. The molecule has 0 bridgehead atoms. The van der Waals surface area contributed by atoms with Crippen LogP contribution in [0.15, 0.2) is 24.3 Å². The predicted molar refractivity (Wildman–Crippen MR) is 70.8 cm³/mol. The summed E-state index contributed by atoms with van der Waals surface area (Å²) in [5, 5.41) is 8.92. The summed E-state index contributed by atoms with van der Waals surface area (Å²) in [4.78, 5) is 0. The lowest BCUT2D eigenvalue weighted by atomic mass is 10.2. The minimum atomic E-state index is -0.0415. The van der Waals surface area contributed by atoms with Crippen LogP contribution in [0.5, 0.6) is 5.75 Å². The van der Waals surface area contributed by atoms with Crippen molar-refractivity contribution in [3.05, 3.63) is 29.8 Å². The summed E-state index contributed by atoms with van der Waals surface area (Å²) in [7, 11) is 0. The Morgan fingerprint density at radius 2 is 2.16 bits per heavy atom. The fraction of sp³-hybridized carbons (Fsp3) is 0.533. The molecule has 1 aromatic carbocycles. The molecule has 19 heavy (non-hydrogen) atoms. The van der Waals surface area contributed by atoms with E-state index in [1.165, 1.54) is 6.42 Å². The quantitative estimate of drug-likeness (QED) is 0.739. The first kappa shape index (κ1) is 13.9. The third-order valence-corrected chi connectivity index (χ3v) is 3.00. The first-order valence-corrected chi connectivity index (χ1v) is 6.75. The van der Waals surface area contributed by atoms with Gasteiger partial charge in [-0.15, -0.1) is 0 Å². The average Bonchev–Trinajstić information content (AvgIpc) is 2.48. The van der Waals surface area contributed by atoms with E-state index in [2.05, 4.69) is 6.07 Å².